The standard InChI is InChI=1S/C30H28O3/c1-6-21(3)27-26(24-16-12-9-13-17-24)19-18-22(4)28(27)29(25(7-2)30(31)32-5)33-20-23-14-10-8-11-15-23/h2,6,8-19H,20H2,1,3-5H3/b21-6-,29-25-. The van der Waals surface area contributed by atoms with Crippen molar-refractivity contribution in [3.63, 3.8) is 0 Å². The summed E-state index contributed by atoms with van der Waals surface area (Å²) >= 11 is 0. The van der Waals surface area contributed by atoms with E-state index in [2.05, 4.69) is 24.1 Å². The fourth-order valence-electron chi connectivity index (χ4n) is 3.73. The maximum atomic E-state index is 12.7. The largest absolute Gasteiger partial charge is 0.487 e. The number of allylic oxidation sites excluding steroid dienone is 2. The maximum absolute atomic E-state index is 12.7. The Kier molecular flexibility index (Phi) is 7.89. The molecular formula is C30H28O3. The molecule has 0 N–H and O–H groups in total. The molecule has 0 aliphatic rings. The number of carbonyl (C=O) groups is 1. The summed E-state index contributed by atoms with van der Waals surface area (Å²) in [5, 5.41) is 0. The van der Waals surface area contributed by atoms with Crippen molar-refractivity contribution >= 4 is 17.3 Å². The van der Waals surface area contributed by atoms with E-state index in [4.69, 9.17) is 15.9 Å². The summed E-state index contributed by atoms with van der Waals surface area (Å²) in [5.41, 5.74) is 6.90. The van der Waals surface area contributed by atoms with E-state index in [-0.39, 0.29) is 12.2 Å². The summed E-state index contributed by atoms with van der Waals surface area (Å²) in [5.74, 6) is 2.26. The molecule has 0 unspecified atom stereocenters. The van der Waals surface area contributed by atoms with Gasteiger partial charge in [-0.15, -0.1) is 6.42 Å². The molecule has 0 heterocycles. The van der Waals surface area contributed by atoms with Crippen molar-refractivity contribution in [2.24, 2.45) is 0 Å². The van der Waals surface area contributed by atoms with E-state index in [0.29, 0.717) is 5.76 Å². The van der Waals surface area contributed by atoms with Gasteiger partial charge in [-0.2, -0.15) is 0 Å². The number of aryl methyl sites for hydroxylation is 1. The minimum absolute atomic E-state index is 0.0619. The molecule has 0 atom stereocenters. The van der Waals surface area contributed by atoms with Crippen molar-refractivity contribution in [2.75, 3.05) is 7.11 Å². The Hall–Kier alpha value is -4.03. The van der Waals surface area contributed by atoms with Gasteiger partial charge in [0.05, 0.1) is 7.11 Å². The molecule has 3 aromatic rings. The fourth-order valence-corrected chi connectivity index (χ4v) is 3.73. The molecular weight excluding hydrogens is 408 g/mol. The normalized spacial score (nSPS) is 11.9. The van der Waals surface area contributed by atoms with Crippen molar-refractivity contribution in [3.05, 3.63) is 107 Å². The minimum atomic E-state index is -0.603. The van der Waals surface area contributed by atoms with Crippen LogP contribution in [0.1, 0.15) is 36.1 Å². The van der Waals surface area contributed by atoms with Gasteiger partial charge < -0.3 is 9.47 Å². The van der Waals surface area contributed by atoms with Gasteiger partial charge >= 0.3 is 5.97 Å². The fraction of sp³-hybridized carbons (Fsp3) is 0.167. The molecule has 0 saturated carbocycles. The average molecular weight is 437 g/mol. The summed E-state index contributed by atoms with van der Waals surface area (Å²) in [6.07, 6.45) is 7.86. The van der Waals surface area contributed by atoms with Crippen LogP contribution in [0.15, 0.2) is 84.4 Å². The molecule has 0 bridgehead atoms. The van der Waals surface area contributed by atoms with Crippen LogP contribution >= 0.6 is 0 Å². The monoisotopic (exact) mass is 436 g/mol. The third-order valence-electron chi connectivity index (χ3n) is 5.54. The minimum Gasteiger partial charge on any atom is -0.487 e. The predicted molar refractivity (Wildman–Crippen MR) is 135 cm³/mol. The van der Waals surface area contributed by atoms with Crippen LogP contribution in [-0.4, -0.2) is 13.1 Å². The zero-order valence-electron chi connectivity index (χ0n) is 19.5. The van der Waals surface area contributed by atoms with Gasteiger partial charge in [0, 0.05) is 5.56 Å². The van der Waals surface area contributed by atoms with E-state index in [1.165, 1.54) is 7.11 Å². The summed E-state index contributed by atoms with van der Waals surface area (Å²) < 4.78 is 11.3. The van der Waals surface area contributed by atoms with Gasteiger partial charge in [-0.05, 0) is 54.2 Å². The Morgan fingerprint density at radius 1 is 0.970 bits per heavy atom. The van der Waals surface area contributed by atoms with Crippen LogP contribution in [0, 0.1) is 19.3 Å². The lowest BCUT2D eigenvalue weighted by atomic mass is 9.86. The quantitative estimate of drug-likeness (QED) is 0.176. The number of rotatable bonds is 7. The van der Waals surface area contributed by atoms with E-state index in [1.807, 2.05) is 81.4 Å². The van der Waals surface area contributed by atoms with Gasteiger partial charge in [0.15, 0.2) is 11.3 Å². The maximum Gasteiger partial charge on any atom is 0.350 e. The number of hydrogen-bond acceptors (Lipinski definition) is 3. The molecule has 3 rings (SSSR count). The summed E-state index contributed by atoms with van der Waals surface area (Å²) in [4.78, 5) is 12.7. The third-order valence-corrected chi connectivity index (χ3v) is 5.54. The molecule has 0 aromatic heterocycles. The highest BCUT2D eigenvalue weighted by Gasteiger charge is 2.24. The lowest BCUT2D eigenvalue weighted by Gasteiger charge is -2.22. The van der Waals surface area contributed by atoms with Crippen LogP contribution in [0.4, 0.5) is 0 Å². The first kappa shape index (κ1) is 23.6. The first-order chi connectivity index (χ1) is 16.0. The topological polar surface area (TPSA) is 35.5 Å². The first-order valence-corrected chi connectivity index (χ1v) is 10.8. The van der Waals surface area contributed by atoms with Gasteiger partial charge in [-0.3, -0.25) is 0 Å². The van der Waals surface area contributed by atoms with Gasteiger partial charge in [-0.1, -0.05) is 84.8 Å². The second-order valence-corrected chi connectivity index (χ2v) is 7.63. The number of ether oxygens (including phenoxy) is 2. The van der Waals surface area contributed by atoms with E-state index in [9.17, 15) is 4.79 Å². The van der Waals surface area contributed by atoms with Crippen LogP contribution in [-0.2, 0) is 20.9 Å². The zero-order valence-corrected chi connectivity index (χ0v) is 19.5. The number of carbonyl (C=O) groups excluding carboxylic acids is 1. The van der Waals surface area contributed by atoms with Crippen LogP contribution in [0.5, 0.6) is 0 Å². The highest BCUT2D eigenvalue weighted by molar-refractivity contribution is 6.03. The molecule has 0 aliphatic heterocycles. The van der Waals surface area contributed by atoms with Crippen molar-refractivity contribution < 1.29 is 14.3 Å². The Morgan fingerprint density at radius 2 is 1.61 bits per heavy atom. The summed E-state index contributed by atoms with van der Waals surface area (Å²) in [6, 6.07) is 24.0. The van der Waals surface area contributed by atoms with E-state index in [0.717, 1.165) is 39.0 Å². The molecule has 3 heteroatoms. The molecule has 0 amide bonds. The first-order valence-electron chi connectivity index (χ1n) is 10.8. The van der Waals surface area contributed by atoms with Crippen LogP contribution in [0.2, 0.25) is 0 Å². The number of esters is 1. The number of hydrogen-bond donors (Lipinski definition) is 0. The van der Waals surface area contributed by atoms with Crippen molar-refractivity contribution in [3.8, 4) is 23.5 Å². The number of benzene rings is 3. The molecule has 166 valence electrons. The van der Waals surface area contributed by atoms with Gasteiger partial charge in [0.2, 0.25) is 0 Å². The zero-order chi connectivity index (χ0) is 23.8. The molecule has 0 radical (unpaired) electrons. The average Bonchev–Trinajstić information content (AvgIpc) is 2.86. The van der Waals surface area contributed by atoms with Gasteiger partial charge in [-0.25, -0.2) is 4.79 Å². The second-order valence-electron chi connectivity index (χ2n) is 7.63. The SMILES string of the molecule is C#C/C(C(=O)OC)=C(/OCc1ccccc1)c1c(C)ccc(-c2ccccc2)c1/C(C)=C\C. The lowest BCUT2D eigenvalue weighted by Crippen LogP contribution is -2.11. The van der Waals surface area contributed by atoms with Crippen LogP contribution < -0.4 is 0 Å². The molecule has 0 spiro atoms. The highest BCUT2D eigenvalue weighted by Crippen LogP contribution is 2.39. The Balaban J connectivity index is 2.32. The van der Waals surface area contributed by atoms with E-state index < -0.39 is 5.97 Å². The molecule has 0 fully saturated rings. The van der Waals surface area contributed by atoms with Crippen molar-refractivity contribution in [1.82, 2.24) is 0 Å². The summed E-state index contributed by atoms with van der Waals surface area (Å²) in [7, 11) is 1.32. The summed E-state index contributed by atoms with van der Waals surface area (Å²) in [6.45, 7) is 6.30. The predicted octanol–water partition coefficient (Wildman–Crippen LogP) is 6.82. The second kappa shape index (κ2) is 11.0. The Bertz CT molecular complexity index is 1230. The molecule has 0 saturated heterocycles. The van der Waals surface area contributed by atoms with Crippen LogP contribution in [0.25, 0.3) is 22.5 Å². The Morgan fingerprint density at radius 3 is 2.18 bits per heavy atom. The molecule has 3 aromatic carbocycles. The van der Waals surface area contributed by atoms with E-state index >= 15 is 0 Å². The Labute approximate surface area is 196 Å². The number of methoxy groups -OCH3 is 1. The smallest absolute Gasteiger partial charge is 0.350 e. The van der Waals surface area contributed by atoms with Gasteiger partial charge in [0.25, 0.3) is 0 Å². The van der Waals surface area contributed by atoms with Crippen LogP contribution in [0.3, 0.4) is 0 Å². The lowest BCUT2D eigenvalue weighted by molar-refractivity contribution is -0.135. The third kappa shape index (κ3) is 5.25. The number of terminal acetylenes is 1. The highest BCUT2D eigenvalue weighted by atomic mass is 16.5. The molecule has 3 nitrogen and oxygen atoms in total. The molecule has 33 heavy (non-hydrogen) atoms. The van der Waals surface area contributed by atoms with Crippen molar-refractivity contribution in [2.45, 2.75) is 27.4 Å². The molecule has 0 aliphatic carbocycles. The van der Waals surface area contributed by atoms with Crippen molar-refractivity contribution in [1.29, 1.82) is 0 Å². The van der Waals surface area contributed by atoms with Gasteiger partial charge in [0.1, 0.15) is 6.61 Å². The van der Waals surface area contributed by atoms with E-state index in [1.54, 1.807) is 0 Å².